The molecule has 4 N–H and O–H groups in total. The molecule has 2 aromatic carbocycles. The van der Waals surface area contributed by atoms with E-state index in [1.807, 2.05) is 44.2 Å². The van der Waals surface area contributed by atoms with Gasteiger partial charge in [-0.2, -0.15) is 4.99 Å². The smallest absolute Gasteiger partial charge is 0.280 e. The zero-order valence-electron chi connectivity index (χ0n) is 18.2. The second kappa shape index (κ2) is 9.21. The lowest BCUT2D eigenvalue weighted by Gasteiger charge is -2.16. The highest BCUT2D eigenvalue weighted by Gasteiger charge is 2.27. The largest absolute Gasteiger partial charge is 0.355 e. The fraction of sp³-hybridized carbons (Fsp3) is 0.333. The summed E-state index contributed by atoms with van der Waals surface area (Å²) in [5, 5.41) is 11.8. The molecule has 1 aliphatic carbocycles. The molecule has 1 saturated heterocycles. The minimum absolute atomic E-state index is 0.0615. The number of hydrogen-bond acceptors (Lipinski definition) is 4. The molecule has 1 heterocycles. The van der Waals surface area contributed by atoms with Gasteiger partial charge in [-0.05, 0) is 74.6 Å². The summed E-state index contributed by atoms with van der Waals surface area (Å²) < 4.78 is 0. The van der Waals surface area contributed by atoms with Crippen LogP contribution >= 0.6 is 0 Å². The molecule has 0 atom stereocenters. The summed E-state index contributed by atoms with van der Waals surface area (Å²) in [6.07, 6.45) is 2.49. The number of amides is 3. The Balaban J connectivity index is 1.54. The van der Waals surface area contributed by atoms with Crippen LogP contribution in [0.4, 0.5) is 11.4 Å². The summed E-state index contributed by atoms with van der Waals surface area (Å²) in [5.74, 6) is -0.0985. The van der Waals surface area contributed by atoms with E-state index in [4.69, 9.17) is 0 Å². The Hall–Kier alpha value is -3.68. The number of benzene rings is 2. The van der Waals surface area contributed by atoms with Crippen LogP contribution in [-0.4, -0.2) is 36.3 Å². The molecule has 1 aliphatic heterocycles. The molecule has 0 aromatic heterocycles. The standard InChI is InChI=1S/C24H27N5O3/c1-14(2)26-22(31)16-4-3-5-18(12-16)27-20-9-8-17(13-19(20)15-6-7-15)23(32)29-24-25-11-10-21(30)28-24/h3-5,8-9,12-15,27H,6-7,10-11H2,1-2H3,(H,26,31)(H2,25,28,29,30,32). The topological polar surface area (TPSA) is 112 Å². The van der Waals surface area contributed by atoms with Crippen molar-refractivity contribution >= 4 is 35.1 Å². The fourth-order valence-corrected chi connectivity index (χ4v) is 3.55. The molecular formula is C24H27N5O3. The van der Waals surface area contributed by atoms with E-state index in [0.29, 0.717) is 30.0 Å². The molecule has 8 heteroatoms. The van der Waals surface area contributed by atoms with Crippen molar-refractivity contribution in [2.75, 3.05) is 11.9 Å². The molecule has 166 valence electrons. The first kappa shape index (κ1) is 21.5. The van der Waals surface area contributed by atoms with E-state index in [2.05, 4.69) is 26.3 Å². The SMILES string of the molecule is CC(C)NC(=O)c1cccc(Nc2ccc(C(=O)/N=C3\NCCC(=O)N3)cc2C2CC2)c1. The van der Waals surface area contributed by atoms with Crippen LogP contribution in [0, 0.1) is 0 Å². The van der Waals surface area contributed by atoms with Crippen molar-refractivity contribution < 1.29 is 14.4 Å². The van der Waals surface area contributed by atoms with Gasteiger partial charge in [0.2, 0.25) is 11.9 Å². The third-order valence-electron chi connectivity index (χ3n) is 5.25. The molecule has 0 radical (unpaired) electrons. The lowest BCUT2D eigenvalue weighted by atomic mass is 10.0. The summed E-state index contributed by atoms with van der Waals surface area (Å²) in [7, 11) is 0. The summed E-state index contributed by atoms with van der Waals surface area (Å²) >= 11 is 0. The summed E-state index contributed by atoms with van der Waals surface area (Å²) in [4.78, 5) is 40.5. The number of carbonyl (C=O) groups is 3. The van der Waals surface area contributed by atoms with Crippen LogP contribution < -0.4 is 21.3 Å². The number of nitrogens with zero attached hydrogens (tertiary/aromatic N) is 1. The number of anilines is 2. The van der Waals surface area contributed by atoms with Crippen molar-refractivity contribution in [3.05, 3.63) is 59.2 Å². The number of aliphatic imine (C=N–C) groups is 1. The van der Waals surface area contributed by atoms with E-state index in [9.17, 15) is 14.4 Å². The molecule has 32 heavy (non-hydrogen) atoms. The highest BCUT2D eigenvalue weighted by atomic mass is 16.2. The normalized spacial score (nSPS) is 17.0. The van der Waals surface area contributed by atoms with Crippen LogP contribution in [0.2, 0.25) is 0 Å². The zero-order valence-corrected chi connectivity index (χ0v) is 18.2. The van der Waals surface area contributed by atoms with E-state index < -0.39 is 5.91 Å². The fourth-order valence-electron chi connectivity index (χ4n) is 3.55. The average molecular weight is 434 g/mol. The first-order valence-electron chi connectivity index (χ1n) is 10.9. The number of rotatable bonds is 6. The highest BCUT2D eigenvalue weighted by molar-refractivity contribution is 6.08. The number of hydrogen-bond donors (Lipinski definition) is 4. The monoisotopic (exact) mass is 433 g/mol. The van der Waals surface area contributed by atoms with Crippen molar-refractivity contribution in [3.8, 4) is 0 Å². The van der Waals surface area contributed by atoms with Gasteiger partial charge in [0.15, 0.2) is 0 Å². The number of guanidine groups is 1. The maximum Gasteiger partial charge on any atom is 0.280 e. The minimum Gasteiger partial charge on any atom is -0.355 e. The molecule has 8 nitrogen and oxygen atoms in total. The van der Waals surface area contributed by atoms with Crippen LogP contribution in [0.25, 0.3) is 0 Å². The molecular weight excluding hydrogens is 406 g/mol. The van der Waals surface area contributed by atoms with E-state index in [1.165, 1.54) is 0 Å². The van der Waals surface area contributed by atoms with E-state index in [0.717, 1.165) is 29.8 Å². The minimum atomic E-state index is -0.407. The molecule has 3 amide bonds. The van der Waals surface area contributed by atoms with Gasteiger partial charge in [-0.15, -0.1) is 0 Å². The van der Waals surface area contributed by atoms with Crippen LogP contribution in [0.15, 0.2) is 47.5 Å². The molecule has 0 bridgehead atoms. The second-order valence-electron chi connectivity index (χ2n) is 8.40. The summed E-state index contributed by atoms with van der Waals surface area (Å²) in [6, 6.07) is 12.9. The van der Waals surface area contributed by atoms with Gasteiger partial charge in [0.1, 0.15) is 0 Å². The third-order valence-corrected chi connectivity index (χ3v) is 5.25. The van der Waals surface area contributed by atoms with Gasteiger partial charge in [0, 0.05) is 41.5 Å². The molecule has 4 rings (SSSR count). The molecule has 2 aromatic rings. The van der Waals surface area contributed by atoms with Crippen LogP contribution in [-0.2, 0) is 4.79 Å². The maximum absolute atomic E-state index is 12.6. The van der Waals surface area contributed by atoms with Gasteiger partial charge in [0.05, 0.1) is 0 Å². The molecule has 2 aliphatic rings. The zero-order chi connectivity index (χ0) is 22.7. The van der Waals surface area contributed by atoms with Gasteiger partial charge in [-0.25, -0.2) is 0 Å². The van der Waals surface area contributed by atoms with Crippen molar-refractivity contribution in [1.82, 2.24) is 16.0 Å². The van der Waals surface area contributed by atoms with Crippen molar-refractivity contribution in [2.45, 2.75) is 45.1 Å². The van der Waals surface area contributed by atoms with Gasteiger partial charge in [-0.3, -0.25) is 19.7 Å². The van der Waals surface area contributed by atoms with Gasteiger partial charge in [-0.1, -0.05) is 6.07 Å². The Bertz CT molecular complexity index is 1090. The maximum atomic E-state index is 12.6. The van der Waals surface area contributed by atoms with E-state index in [1.54, 1.807) is 12.1 Å². The predicted molar refractivity (Wildman–Crippen MR) is 123 cm³/mol. The number of carbonyl (C=O) groups excluding carboxylic acids is 3. The van der Waals surface area contributed by atoms with E-state index in [-0.39, 0.29) is 23.8 Å². The number of nitrogens with one attached hydrogen (secondary N) is 4. The third kappa shape index (κ3) is 5.32. The van der Waals surface area contributed by atoms with Crippen LogP contribution in [0.3, 0.4) is 0 Å². The Morgan fingerprint density at radius 3 is 2.62 bits per heavy atom. The van der Waals surface area contributed by atoms with E-state index >= 15 is 0 Å². The van der Waals surface area contributed by atoms with Crippen molar-refractivity contribution in [1.29, 1.82) is 0 Å². The molecule has 2 fully saturated rings. The Kier molecular flexibility index (Phi) is 6.20. The van der Waals surface area contributed by atoms with Gasteiger partial charge in [0.25, 0.3) is 11.8 Å². The molecule has 0 unspecified atom stereocenters. The average Bonchev–Trinajstić information content (AvgIpc) is 3.59. The summed E-state index contributed by atoms with van der Waals surface area (Å²) in [6.45, 7) is 4.31. The van der Waals surface area contributed by atoms with Gasteiger partial charge >= 0.3 is 0 Å². The lowest BCUT2D eigenvalue weighted by Crippen LogP contribution is -2.48. The van der Waals surface area contributed by atoms with Crippen molar-refractivity contribution in [3.63, 3.8) is 0 Å². The molecule has 1 saturated carbocycles. The Morgan fingerprint density at radius 2 is 1.91 bits per heavy atom. The highest BCUT2D eigenvalue weighted by Crippen LogP contribution is 2.44. The second-order valence-corrected chi connectivity index (χ2v) is 8.40. The quantitative estimate of drug-likeness (QED) is 0.560. The van der Waals surface area contributed by atoms with Crippen LogP contribution in [0.5, 0.6) is 0 Å². The Labute approximate surface area is 186 Å². The van der Waals surface area contributed by atoms with Crippen molar-refractivity contribution in [2.24, 2.45) is 4.99 Å². The lowest BCUT2D eigenvalue weighted by molar-refractivity contribution is -0.120. The summed E-state index contributed by atoms with van der Waals surface area (Å²) in [5.41, 5.74) is 3.81. The van der Waals surface area contributed by atoms with Crippen LogP contribution in [0.1, 0.15) is 65.3 Å². The first-order valence-corrected chi connectivity index (χ1v) is 10.9. The molecule has 0 spiro atoms. The predicted octanol–water partition coefficient (Wildman–Crippen LogP) is 3.05. The first-order chi connectivity index (χ1) is 15.4. The Morgan fingerprint density at radius 1 is 1.09 bits per heavy atom. The van der Waals surface area contributed by atoms with Gasteiger partial charge < -0.3 is 16.0 Å².